The third kappa shape index (κ3) is 11.4. The zero-order valence-corrected chi connectivity index (χ0v) is 26.8. The van der Waals surface area contributed by atoms with Crippen molar-refractivity contribution >= 4 is 0 Å². The van der Waals surface area contributed by atoms with Gasteiger partial charge in [0.1, 0.15) is 24.4 Å². The van der Waals surface area contributed by atoms with Crippen LogP contribution in [0.15, 0.2) is 164 Å². The molecule has 5 aromatic rings. The molecule has 4 atom stereocenters. The minimum atomic E-state index is -0.572. The molecule has 0 aromatic heterocycles. The molecule has 5 rings (SSSR count). The van der Waals surface area contributed by atoms with Crippen LogP contribution in [0.1, 0.15) is 27.8 Å². The summed E-state index contributed by atoms with van der Waals surface area (Å²) in [6, 6.07) is 50.7. The second-order valence-corrected chi connectivity index (χ2v) is 11.4. The number of hydrogen-bond acceptors (Lipinski definition) is 5. The first kappa shape index (κ1) is 34.0. The second kappa shape index (κ2) is 19.3. The molecule has 0 radical (unpaired) electrons. The van der Waals surface area contributed by atoms with Gasteiger partial charge in [-0.15, -0.1) is 6.58 Å². The molecular formula is C42H44O5. The van der Waals surface area contributed by atoms with Gasteiger partial charge in [-0.05, 0) is 27.8 Å². The summed E-state index contributed by atoms with van der Waals surface area (Å²) in [7, 11) is 0. The topological polar surface area (TPSA) is 46.2 Å². The van der Waals surface area contributed by atoms with Crippen molar-refractivity contribution in [2.45, 2.75) is 57.5 Å². The van der Waals surface area contributed by atoms with Crippen molar-refractivity contribution in [3.8, 4) is 0 Å². The van der Waals surface area contributed by atoms with Gasteiger partial charge in [0.25, 0.3) is 0 Å². The van der Waals surface area contributed by atoms with Gasteiger partial charge in [-0.3, -0.25) is 0 Å². The van der Waals surface area contributed by atoms with Crippen LogP contribution >= 0.6 is 0 Å². The van der Waals surface area contributed by atoms with E-state index in [1.165, 1.54) is 0 Å². The molecule has 0 amide bonds. The van der Waals surface area contributed by atoms with Crippen LogP contribution in [0.2, 0.25) is 0 Å². The zero-order chi connectivity index (χ0) is 32.4. The summed E-state index contributed by atoms with van der Waals surface area (Å²) in [4.78, 5) is 0. The highest BCUT2D eigenvalue weighted by molar-refractivity contribution is 5.17. The monoisotopic (exact) mass is 628 g/mol. The van der Waals surface area contributed by atoms with Crippen molar-refractivity contribution < 1.29 is 23.7 Å². The Hall–Kier alpha value is -4.36. The quantitative estimate of drug-likeness (QED) is 0.0807. The molecule has 0 saturated carbocycles. The van der Waals surface area contributed by atoms with Gasteiger partial charge in [-0.1, -0.05) is 158 Å². The fraction of sp³-hybridized carbons (Fsp3) is 0.238. The van der Waals surface area contributed by atoms with Crippen LogP contribution < -0.4 is 0 Å². The van der Waals surface area contributed by atoms with Crippen molar-refractivity contribution in [1.29, 1.82) is 0 Å². The molecule has 5 heteroatoms. The Kier molecular flexibility index (Phi) is 14.0. The number of ether oxygens (including phenoxy) is 5. The van der Waals surface area contributed by atoms with Crippen molar-refractivity contribution in [3.63, 3.8) is 0 Å². The van der Waals surface area contributed by atoms with Crippen LogP contribution in [-0.4, -0.2) is 31.0 Å². The minimum absolute atomic E-state index is 0.287. The molecule has 0 fully saturated rings. The number of hydrogen-bond donors (Lipinski definition) is 0. The molecule has 0 N–H and O–H groups in total. The van der Waals surface area contributed by atoms with E-state index in [0.717, 1.165) is 27.8 Å². The predicted octanol–water partition coefficient (Wildman–Crippen LogP) is 8.73. The minimum Gasteiger partial charge on any atom is -0.374 e. The van der Waals surface area contributed by atoms with E-state index in [4.69, 9.17) is 23.7 Å². The molecule has 242 valence electrons. The molecule has 5 nitrogen and oxygen atoms in total. The van der Waals surface area contributed by atoms with Crippen molar-refractivity contribution in [1.82, 2.24) is 0 Å². The van der Waals surface area contributed by atoms with Gasteiger partial charge in [-0.2, -0.15) is 0 Å². The lowest BCUT2D eigenvalue weighted by Gasteiger charge is -2.37. The van der Waals surface area contributed by atoms with Gasteiger partial charge < -0.3 is 23.7 Å². The number of benzene rings is 5. The first-order valence-electron chi connectivity index (χ1n) is 16.1. The highest BCUT2D eigenvalue weighted by Crippen LogP contribution is 2.24. The Labute approximate surface area is 279 Å². The van der Waals surface area contributed by atoms with Gasteiger partial charge >= 0.3 is 0 Å². The second-order valence-electron chi connectivity index (χ2n) is 11.4. The van der Waals surface area contributed by atoms with Gasteiger partial charge in [0.15, 0.2) is 0 Å². The Morgan fingerprint density at radius 2 is 0.745 bits per heavy atom. The van der Waals surface area contributed by atoms with Crippen molar-refractivity contribution in [2.24, 2.45) is 0 Å². The predicted molar refractivity (Wildman–Crippen MR) is 186 cm³/mol. The van der Waals surface area contributed by atoms with Crippen LogP contribution in [0.5, 0.6) is 0 Å². The summed E-state index contributed by atoms with van der Waals surface area (Å²) in [5.74, 6) is 0. The Morgan fingerprint density at radius 3 is 1.15 bits per heavy atom. The van der Waals surface area contributed by atoms with E-state index in [1.54, 1.807) is 6.08 Å². The van der Waals surface area contributed by atoms with Crippen molar-refractivity contribution in [2.75, 3.05) is 6.61 Å². The summed E-state index contributed by atoms with van der Waals surface area (Å²) in [5, 5.41) is 0. The smallest absolute Gasteiger partial charge is 0.116 e. The van der Waals surface area contributed by atoms with Crippen LogP contribution in [0.3, 0.4) is 0 Å². The summed E-state index contributed by atoms with van der Waals surface area (Å²) in [6.07, 6.45) is -0.336. The van der Waals surface area contributed by atoms with E-state index < -0.39 is 24.4 Å². The SMILES string of the molecule is C=C[C@H](OCc1ccccc1)[C@@H](OCc1ccccc1)[C@@H](OCc1ccccc1)[C@@H](COCc1ccccc1)OCc1ccccc1. The Balaban J connectivity index is 1.45. The molecule has 0 aliphatic heterocycles. The summed E-state index contributed by atoms with van der Waals surface area (Å²) >= 11 is 0. The van der Waals surface area contributed by atoms with Gasteiger partial charge in [-0.25, -0.2) is 0 Å². The summed E-state index contributed by atoms with van der Waals surface area (Å²) in [6.45, 7) is 6.42. The molecule has 5 aromatic carbocycles. The highest BCUT2D eigenvalue weighted by Gasteiger charge is 2.37. The van der Waals surface area contributed by atoms with E-state index in [1.807, 2.05) is 103 Å². The van der Waals surface area contributed by atoms with Crippen LogP contribution in [0.4, 0.5) is 0 Å². The molecule has 0 bridgehead atoms. The van der Waals surface area contributed by atoms with Gasteiger partial charge in [0, 0.05) is 0 Å². The summed E-state index contributed by atoms with van der Waals surface area (Å²) < 4.78 is 33.1. The average molecular weight is 629 g/mol. The fourth-order valence-corrected chi connectivity index (χ4v) is 5.27. The molecule has 0 unspecified atom stereocenters. The third-order valence-electron chi connectivity index (χ3n) is 7.80. The summed E-state index contributed by atoms with van der Waals surface area (Å²) in [5.41, 5.74) is 5.30. The third-order valence-corrected chi connectivity index (χ3v) is 7.80. The Bertz CT molecular complexity index is 1530. The lowest BCUT2D eigenvalue weighted by Crippen LogP contribution is -2.50. The Morgan fingerprint density at radius 1 is 0.404 bits per heavy atom. The first-order chi connectivity index (χ1) is 23.3. The number of rotatable bonds is 20. The molecule has 0 aliphatic rings. The molecule has 0 heterocycles. The molecule has 47 heavy (non-hydrogen) atoms. The van der Waals surface area contributed by atoms with E-state index in [-0.39, 0.29) is 6.61 Å². The highest BCUT2D eigenvalue weighted by atomic mass is 16.6. The average Bonchev–Trinajstić information content (AvgIpc) is 3.14. The normalized spacial score (nSPS) is 13.8. The van der Waals surface area contributed by atoms with Gasteiger partial charge in [0.2, 0.25) is 0 Å². The molecule has 0 saturated heterocycles. The molecule has 0 spiro atoms. The lowest BCUT2D eigenvalue weighted by molar-refractivity contribution is -0.192. The lowest BCUT2D eigenvalue weighted by atomic mass is 10.0. The molecule has 0 aliphatic carbocycles. The van der Waals surface area contributed by atoms with Crippen LogP contribution in [-0.2, 0) is 56.7 Å². The van der Waals surface area contributed by atoms with Crippen LogP contribution in [0.25, 0.3) is 0 Å². The standard InChI is InChI=1S/C42H44O5/c1-2-39(44-29-35-20-10-4-11-21-35)41(46-31-37-24-14-6-15-25-37)42(47-32-38-26-16-7-17-27-38)40(45-30-36-22-12-5-13-23-36)33-43-28-34-18-8-3-9-19-34/h2-27,39-42H,1,28-33H2/t39-,40+,41+,42-/m0/s1. The molecular weight excluding hydrogens is 584 g/mol. The van der Waals surface area contributed by atoms with Crippen LogP contribution in [0, 0.1) is 0 Å². The van der Waals surface area contributed by atoms with Crippen molar-refractivity contribution in [3.05, 3.63) is 192 Å². The van der Waals surface area contributed by atoms with E-state index in [9.17, 15) is 0 Å². The first-order valence-corrected chi connectivity index (χ1v) is 16.1. The maximum atomic E-state index is 6.81. The maximum absolute atomic E-state index is 6.81. The van der Waals surface area contributed by atoms with E-state index in [0.29, 0.717) is 33.0 Å². The largest absolute Gasteiger partial charge is 0.374 e. The zero-order valence-electron chi connectivity index (χ0n) is 26.8. The maximum Gasteiger partial charge on any atom is 0.116 e. The van der Waals surface area contributed by atoms with E-state index >= 15 is 0 Å². The van der Waals surface area contributed by atoms with E-state index in [2.05, 4.69) is 55.1 Å². The fourth-order valence-electron chi connectivity index (χ4n) is 5.27. The van der Waals surface area contributed by atoms with Gasteiger partial charge in [0.05, 0.1) is 39.6 Å².